The second-order valence-electron chi connectivity index (χ2n) is 4.74. The standard InChI is InChI=1S/C11H20N4O2S/c1-2-4-15-5-3-10(9-15)6-14-18(16,17)11-7-12-13-8-11/h7-8,10,14H,2-6,9H2,1H3,(H,12,13). The lowest BCUT2D eigenvalue weighted by Gasteiger charge is -2.14. The van der Waals surface area contributed by atoms with Gasteiger partial charge in [-0.25, -0.2) is 13.1 Å². The normalized spacial score (nSPS) is 21.5. The van der Waals surface area contributed by atoms with Crippen LogP contribution in [-0.2, 0) is 10.0 Å². The minimum atomic E-state index is -3.40. The maximum atomic E-state index is 11.9. The zero-order chi connectivity index (χ0) is 13.0. The van der Waals surface area contributed by atoms with Crippen LogP contribution < -0.4 is 4.72 Å². The molecule has 1 aliphatic heterocycles. The Labute approximate surface area is 108 Å². The van der Waals surface area contributed by atoms with E-state index in [1.54, 1.807) is 0 Å². The largest absolute Gasteiger partial charge is 0.303 e. The van der Waals surface area contributed by atoms with Gasteiger partial charge in [0, 0.05) is 19.3 Å². The van der Waals surface area contributed by atoms with Crippen LogP contribution in [0.3, 0.4) is 0 Å². The van der Waals surface area contributed by atoms with E-state index in [-0.39, 0.29) is 4.90 Å². The smallest absolute Gasteiger partial charge is 0.243 e. The Morgan fingerprint density at radius 1 is 1.61 bits per heavy atom. The van der Waals surface area contributed by atoms with Crippen molar-refractivity contribution in [2.75, 3.05) is 26.2 Å². The number of aromatic amines is 1. The summed E-state index contributed by atoms with van der Waals surface area (Å²) in [4.78, 5) is 2.59. The van der Waals surface area contributed by atoms with Crippen molar-refractivity contribution in [2.45, 2.75) is 24.7 Å². The molecular weight excluding hydrogens is 252 g/mol. The first-order chi connectivity index (χ1) is 8.62. The number of sulfonamides is 1. The van der Waals surface area contributed by atoms with Gasteiger partial charge in [0.15, 0.2) is 0 Å². The summed E-state index contributed by atoms with van der Waals surface area (Å²) in [5.41, 5.74) is 0. The molecule has 1 aliphatic rings. The number of nitrogens with one attached hydrogen (secondary N) is 2. The molecule has 0 spiro atoms. The number of hydrogen-bond acceptors (Lipinski definition) is 4. The third-order valence-electron chi connectivity index (χ3n) is 3.26. The summed E-state index contributed by atoms with van der Waals surface area (Å²) in [6, 6.07) is 0. The van der Waals surface area contributed by atoms with Crippen LogP contribution in [0, 0.1) is 5.92 Å². The predicted molar refractivity (Wildman–Crippen MR) is 68.6 cm³/mol. The minimum absolute atomic E-state index is 0.200. The second-order valence-corrected chi connectivity index (χ2v) is 6.51. The molecule has 1 saturated heterocycles. The zero-order valence-electron chi connectivity index (χ0n) is 10.6. The van der Waals surface area contributed by atoms with Crippen LogP contribution in [-0.4, -0.2) is 49.7 Å². The van der Waals surface area contributed by atoms with E-state index in [2.05, 4.69) is 26.7 Å². The Bertz CT molecular complexity index is 457. The first-order valence-electron chi connectivity index (χ1n) is 6.32. The SMILES string of the molecule is CCCN1CCC(CNS(=O)(=O)c2cn[nH]c2)C1. The number of nitrogens with zero attached hydrogens (tertiary/aromatic N) is 2. The fourth-order valence-corrected chi connectivity index (χ4v) is 3.32. The summed E-state index contributed by atoms with van der Waals surface area (Å²) in [5.74, 6) is 0.415. The van der Waals surface area contributed by atoms with Crippen molar-refractivity contribution in [2.24, 2.45) is 5.92 Å². The molecule has 102 valence electrons. The van der Waals surface area contributed by atoms with Crippen molar-refractivity contribution >= 4 is 10.0 Å². The van der Waals surface area contributed by atoms with Crippen LogP contribution >= 0.6 is 0 Å². The quantitative estimate of drug-likeness (QED) is 0.787. The Hall–Kier alpha value is -0.920. The highest BCUT2D eigenvalue weighted by molar-refractivity contribution is 7.89. The average molecular weight is 272 g/mol. The van der Waals surface area contributed by atoms with E-state index in [4.69, 9.17) is 0 Å². The molecule has 0 aromatic carbocycles. The van der Waals surface area contributed by atoms with Crippen molar-refractivity contribution < 1.29 is 8.42 Å². The van der Waals surface area contributed by atoms with Crippen LogP contribution in [0.4, 0.5) is 0 Å². The molecule has 18 heavy (non-hydrogen) atoms. The van der Waals surface area contributed by atoms with Crippen molar-refractivity contribution in [3.8, 4) is 0 Å². The molecule has 2 rings (SSSR count). The van der Waals surface area contributed by atoms with Crippen molar-refractivity contribution in [3.63, 3.8) is 0 Å². The first kappa shape index (κ1) is 13.5. The molecule has 0 radical (unpaired) electrons. The van der Waals surface area contributed by atoms with Crippen LogP contribution in [0.1, 0.15) is 19.8 Å². The van der Waals surface area contributed by atoms with E-state index >= 15 is 0 Å². The van der Waals surface area contributed by atoms with Gasteiger partial charge in [-0.2, -0.15) is 5.10 Å². The van der Waals surface area contributed by atoms with Crippen molar-refractivity contribution in [3.05, 3.63) is 12.4 Å². The van der Waals surface area contributed by atoms with Crippen LogP contribution in [0.25, 0.3) is 0 Å². The highest BCUT2D eigenvalue weighted by Crippen LogP contribution is 2.16. The average Bonchev–Trinajstić information content (AvgIpc) is 2.98. The minimum Gasteiger partial charge on any atom is -0.303 e. The third-order valence-corrected chi connectivity index (χ3v) is 4.65. The van der Waals surface area contributed by atoms with E-state index in [1.165, 1.54) is 12.4 Å². The fourth-order valence-electron chi connectivity index (χ4n) is 2.30. The highest BCUT2D eigenvalue weighted by Gasteiger charge is 2.24. The van der Waals surface area contributed by atoms with Gasteiger partial charge in [-0.05, 0) is 31.8 Å². The molecule has 1 fully saturated rings. The lowest BCUT2D eigenvalue weighted by Crippen LogP contribution is -2.31. The molecule has 7 heteroatoms. The van der Waals surface area contributed by atoms with Gasteiger partial charge in [0.05, 0.1) is 6.20 Å². The molecule has 0 aliphatic carbocycles. The zero-order valence-corrected chi connectivity index (χ0v) is 11.4. The summed E-state index contributed by atoms with van der Waals surface area (Å²) < 4.78 is 26.4. The molecule has 1 aromatic heterocycles. The Morgan fingerprint density at radius 3 is 3.11 bits per heavy atom. The van der Waals surface area contributed by atoms with Crippen molar-refractivity contribution in [1.29, 1.82) is 0 Å². The maximum absolute atomic E-state index is 11.9. The van der Waals surface area contributed by atoms with E-state index in [0.29, 0.717) is 12.5 Å². The topological polar surface area (TPSA) is 78.1 Å². The molecule has 2 heterocycles. The van der Waals surface area contributed by atoms with E-state index in [1.807, 2.05) is 0 Å². The Balaban J connectivity index is 1.82. The highest BCUT2D eigenvalue weighted by atomic mass is 32.2. The van der Waals surface area contributed by atoms with E-state index < -0.39 is 10.0 Å². The molecule has 1 unspecified atom stereocenters. The number of H-pyrrole nitrogens is 1. The summed E-state index contributed by atoms with van der Waals surface area (Å²) in [5, 5.41) is 6.16. The van der Waals surface area contributed by atoms with Gasteiger partial charge in [0.25, 0.3) is 0 Å². The van der Waals surface area contributed by atoms with Crippen LogP contribution in [0.2, 0.25) is 0 Å². The third kappa shape index (κ3) is 3.30. The summed E-state index contributed by atoms with van der Waals surface area (Å²) in [6.07, 6.45) is 4.92. The lowest BCUT2D eigenvalue weighted by atomic mass is 10.1. The Morgan fingerprint density at radius 2 is 2.44 bits per heavy atom. The summed E-state index contributed by atoms with van der Waals surface area (Å²) in [6.45, 7) is 5.83. The molecule has 6 nitrogen and oxygen atoms in total. The monoisotopic (exact) mass is 272 g/mol. The summed E-state index contributed by atoms with van der Waals surface area (Å²) in [7, 11) is -3.40. The number of likely N-dealkylation sites (tertiary alicyclic amines) is 1. The second kappa shape index (κ2) is 5.81. The van der Waals surface area contributed by atoms with Crippen LogP contribution in [0.5, 0.6) is 0 Å². The van der Waals surface area contributed by atoms with Gasteiger partial charge in [-0.15, -0.1) is 0 Å². The van der Waals surface area contributed by atoms with Gasteiger partial charge in [0.1, 0.15) is 4.90 Å². The molecule has 1 atom stereocenters. The maximum Gasteiger partial charge on any atom is 0.243 e. The van der Waals surface area contributed by atoms with Gasteiger partial charge < -0.3 is 4.90 Å². The molecule has 0 bridgehead atoms. The van der Waals surface area contributed by atoms with Crippen molar-refractivity contribution in [1.82, 2.24) is 19.8 Å². The molecule has 2 N–H and O–H groups in total. The van der Waals surface area contributed by atoms with Gasteiger partial charge in [0.2, 0.25) is 10.0 Å². The predicted octanol–water partition coefficient (Wildman–Crippen LogP) is 0.420. The van der Waals surface area contributed by atoms with Crippen LogP contribution in [0.15, 0.2) is 17.3 Å². The summed E-state index contributed by atoms with van der Waals surface area (Å²) >= 11 is 0. The Kier molecular flexibility index (Phi) is 4.36. The van der Waals surface area contributed by atoms with Gasteiger partial charge in [-0.3, -0.25) is 5.10 Å². The van der Waals surface area contributed by atoms with Gasteiger partial charge in [-0.1, -0.05) is 6.92 Å². The number of rotatable bonds is 6. The number of hydrogen-bond donors (Lipinski definition) is 2. The van der Waals surface area contributed by atoms with Gasteiger partial charge >= 0.3 is 0 Å². The fraction of sp³-hybridized carbons (Fsp3) is 0.727. The van der Waals surface area contributed by atoms with E-state index in [0.717, 1.165) is 32.5 Å². The molecule has 0 amide bonds. The molecular formula is C11H20N4O2S. The number of aromatic nitrogens is 2. The lowest BCUT2D eigenvalue weighted by molar-refractivity contribution is 0.325. The first-order valence-corrected chi connectivity index (χ1v) is 7.81. The van der Waals surface area contributed by atoms with E-state index in [9.17, 15) is 8.42 Å². The molecule has 1 aromatic rings. The molecule has 0 saturated carbocycles.